The van der Waals surface area contributed by atoms with Crippen molar-refractivity contribution in [3.63, 3.8) is 0 Å². The van der Waals surface area contributed by atoms with E-state index in [0.29, 0.717) is 19.4 Å². The summed E-state index contributed by atoms with van der Waals surface area (Å²) < 4.78 is 5.84. The number of carbonyl (C=O) groups is 2. The molecule has 1 saturated heterocycles. The summed E-state index contributed by atoms with van der Waals surface area (Å²) in [7, 11) is 0. The van der Waals surface area contributed by atoms with Gasteiger partial charge in [0.05, 0.1) is 6.54 Å². The zero-order valence-corrected chi connectivity index (χ0v) is 26.0. The third-order valence-electron chi connectivity index (χ3n) is 8.94. The van der Waals surface area contributed by atoms with Crippen molar-refractivity contribution in [3.05, 3.63) is 167 Å². The number of hydroxylamine groups is 2. The molecule has 2 N–H and O–H groups in total. The number of ether oxygens (including phenoxy) is 1. The van der Waals surface area contributed by atoms with Crippen molar-refractivity contribution >= 4 is 12.0 Å². The first-order valence-corrected chi connectivity index (χ1v) is 16.1. The quantitative estimate of drug-likeness (QED) is 0.173. The fourth-order valence-electron chi connectivity index (χ4n) is 6.61. The molecule has 1 aliphatic carbocycles. The third-order valence-corrected chi connectivity index (χ3v) is 8.94. The van der Waals surface area contributed by atoms with Crippen molar-refractivity contribution in [1.29, 1.82) is 0 Å². The van der Waals surface area contributed by atoms with E-state index in [9.17, 15) is 9.59 Å². The molecule has 236 valence electrons. The van der Waals surface area contributed by atoms with Crippen LogP contribution in [0.1, 0.15) is 46.3 Å². The average Bonchev–Trinajstić information content (AvgIpc) is 3.66. The van der Waals surface area contributed by atoms with Gasteiger partial charge in [-0.05, 0) is 38.9 Å². The Kier molecular flexibility index (Phi) is 9.08. The highest BCUT2D eigenvalue weighted by Crippen LogP contribution is 2.44. The predicted molar refractivity (Wildman–Crippen MR) is 181 cm³/mol. The van der Waals surface area contributed by atoms with Crippen LogP contribution in [0, 0.1) is 0 Å². The monoisotopic (exact) mass is 623 g/mol. The summed E-state index contributed by atoms with van der Waals surface area (Å²) >= 11 is 0. The number of nitrogens with one attached hydrogen (secondary N) is 2. The summed E-state index contributed by atoms with van der Waals surface area (Å²) in [4.78, 5) is 33.8. The van der Waals surface area contributed by atoms with Gasteiger partial charge in [-0.1, -0.05) is 140 Å². The molecule has 2 aliphatic rings. The van der Waals surface area contributed by atoms with Crippen molar-refractivity contribution in [3.8, 4) is 11.1 Å². The van der Waals surface area contributed by atoms with Crippen molar-refractivity contribution in [1.82, 2.24) is 15.7 Å². The van der Waals surface area contributed by atoms with Gasteiger partial charge in [-0.3, -0.25) is 9.63 Å². The smallest absolute Gasteiger partial charge is 0.407 e. The molecule has 7 nitrogen and oxygen atoms in total. The Hall–Kier alpha value is -5.24. The molecular formula is C40H37N3O4. The Morgan fingerprint density at radius 2 is 1.28 bits per heavy atom. The summed E-state index contributed by atoms with van der Waals surface area (Å²) in [6, 6.07) is 45.3. The maximum Gasteiger partial charge on any atom is 0.407 e. The van der Waals surface area contributed by atoms with Crippen molar-refractivity contribution in [2.75, 3.05) is 6.61 Å². The molecule has 5 aromatic carbocycles. The van der Waals surface area contributed by atoms with Gasteiger partial charge in [-0.25, -0.2) is 4.79 Å². The fourth-order valence-corrected chi connectivity index (χ4v) is 6.61. The minimum atomic E-state index is -0.859. The largest absolute Gasteiger partial charge is 0.449 e. The maximum absolute atomic E-state index is 14.0. The Morgan fingerprint density at radius 1 is 0.723 bits per heavy atom. The Bertz CT molecular complexity index is 1770. The molecule has 5 aromatic rings. The molecule has 1 heterocycles. The fraction of sp³-hybridized carbons (Fsp3) is 0.200. The van der Waals surface area contributed by atoms with Crippen LogP contribution < -0.4 is 10.6 Å². The van der Waals surface area contributed by atoms with Crippen LogP contribution in [0.3, 0.4) is 0 Å². The number of carbonyl (C=O) groups excluding carboxylic acids is 2. The normalized spacial score (nSPS) is 17.8. The number of alkyl carbamates (subject to hydrolysis) is 1. The summed E-state index contributed by atoms with van der Waals surface area (Å²) in [5.41, 5.74) is 7.62. The van der Waals surface area contributed by atoms with Crippen LogP contribution in [0.4, 0.5) is 4.79 Å². The third kappa shape index (κ3) is 6.97. The Morgan fingerprint density at radius 3 is 1.91 bits per heavy atom. The molecule has 7 heteroatoms. The lowest BCUT2D eigenvalue weighted by Gasteiger charge is -2.26. The van der Waals surface area contributed by atoms with Gasteiger partial charge in [-0.2, -0.15) is 5.06 Å². The van der Waals surface area contributed by atoms with E-state index >= 15 is 0 Å². The molecular weight excluding hydrogens is 586 g/mol. The van der Waals surface area contributed by atoms with E-state index in [0.717, 1.165) is 38.9 Å². The number of hydrogen-bond donors (Lipinski definition) is 2. The summed E-state index contributed by atoms with van der Waals surface area (Å²) in [6.45, 7) is 0.665. The van der Waals surface area contributed by atoms with E-state index < -0.39 is 18.3 Å². The van der Waals surface area contributed by atoms with Crippen LogP contribution >= 0.6 is 0 Å². The van der Waals surface area contributed by atoms with Gasteiger partial charge in [0, 0.05) is 18.8 Å². The molecule has 3 atom stereocenters. The Labute approximate surface area is 275 Å². The summed E-state index contributed by atoms with van der Waals surface area (Å²) in [6.07, 6.45) is -0.381. The molecule has 0 unspecified atom stereocenters. The molecule has 1 aliphatic heterocycles. The number of benzene rings is 5. The van der Waals surface area contributed by atoms with Crippen molar-refractivity contribution < 1.29 is 19.2 Å². The van der Waals surface area contributed by atoms with Crippen LogP contribution in [-0.2, 0) is 27.3 Å². The molecule has 2 amide bonds. The molecule has 0 saturated carbocycles. The van der Waals surface area contributed by atoms with Gasteiger partial charge in [0.15, 0.2) is 0 Å². The van der Waals surface area contributed by atoms with E-state index in [1.54, 1.807) is 0 Å². The number of rotatable bonds is 10. The summed E-state index contributed by atoms with van der Waals surface area (Å²) in [5.74, 6) is -0.380. The number of amides is 2. The first-order valence-electron chi connectivity index (χ1n) is 16.1. The topological polar surface area (TPSA) is 79.9 Å². The lowest BCUT2D eigenvalue weighted by Crippen LogP contribution is -2.53. The number of nitrogens with zero attached hydrogens (tertiary/aromatic N) is 1. The molecule has 0 aromatic heterocycles. The van der Waals surface area contributed by atoms with Crippen LogP contribution in [0.25, 0.3) is 11.1 Å². The first kappa shape index (κ1) is 30.4. The molecule has 7 rings (SSSR count). The maximum atomic E-state index is 14.0. The number of fused-ring (bicyclic) bond motifs is 3. The highest BCUT2D eigenvalue weighted by Gasteiger charge is 2.37. The van der Waals surface area contributed by atoms with Gasteiger partial charge >= 0.3 is 6.09 Å². The molecule has 1 fully saturated rings. The molecule has 47 heavy (non-hydrogen) atoms. The SMILES string of the molecule is O=C(N[C@@H](Cc1ccccc1)C(=O)N[C@@H]1C[C@H](c2ccccc2)ON1Cc1ccccc1)OCC1c2ccccc2-c2ccccc21. The van der Waals surface area contributed by atoms with Gasteiger partial charge < -0.3 is 15.4 Å². The second-order valence-electron chi connectivity index (χ2n) is 12.0. The van der Waals surface area contributed by atoms with Crippen molar-refractivity contribution in [2.24, 2.45) is 0 Å². The molecule has 0 bridgehead atoms. The van der Waals surface area contributed by atoms with E-state index in [4.69, 9.17) is 9.57 Å². The van der Waals surface area contributed by atoms with Gasteiger partial charge in [0.1, 0.15) is 24.9 Å². The van der Waals surface area contributed by atoms with E-state index in [2.05, 4.69) is 34.9 Å². The average molecular weight is 624 g/mol. The van der Waals surface area contributed by atoms with Crippen molar-refractivity contribution in [2.45, 2.75) is 43.6 Å². The molecule has 0 radical (unpaired) electrons. The van der Waals surface area contributed by atoms with Gasteiger partial charge in [0.2, 0.25) is 5.91 Å². The molecule has 0 spiro atoms. The highest BCUT2D eigenvalue weighted by atomic mass is 16.7. The van der Waals surface area contributed by atoms with Gasteiger partial charge in [0.25, 0.3) is 0 Å². The second-order valence-corrected chi connectivity index (χ2v) is 12.0. The van der Waals surface area contributed by atoms with E-state index in [1.165, 1.54) is 0 Å². The standard InChI is InChI=1S/C40H37N3O4/c44-39(42-38-25-37(30-18-8-3-9-19-30)47-43(38)26-29-16-6-2-7-17-29)36(24-28-14-4-1-5-15-28)41-40(45)46-27-35-33-22-12-10-20-31(33)32-21-11-13-23-34(32)35/h1-23,35-38H,24-27H2,(H,41,45)(H,42,44)/t36-,37+,38-/m0/s1. The number of hydrogen-bond acceptors (Lipinski definition) is 5. The second kappa shape index (κ2) is 14.0. The Balaban J connectivity index is 1.07. The highest BCUT2D eigenvalue weighted by molar-refractivity contribution is 5.86. The predicted octanol–water partition coefficient (Wildman–Crippen LogP) is 7.16. The van der Waals surface area contributed by atoms with E-state index in [1.807, 2.05) is 120 Å². The first-order chi connectivity index (χ1) is 23.1. The van der Waals surface area contributed by atoms with Crippen LogP contribution in [0.5, 0.6) is 0 Å². The van der Waals surface area contributed by atoms with E-state index in [-0.39, 0.29) is 24.5 Å². The van der Waals surface area contributed by atoms with Crippen LogP contribution in [0.2, 0.25) is 0 Å². The summed E-state index contributed by atoms with van der Waals surface area (Å²) in [5, 5.41) is 7.91. The lowest BCUT2D eigenvalue weighted by molar-refractivity contribution is -0.177. The minimum absolute atomic E-state index is 0.0772. The lowest BCUT2D eigenvalue weighted by atomic mass is 9.98. The van der Waals surface area contributed by atoms with Crippen LogP contribution in [0.15, 0.2) is 140 Å². The van der Waals surface area contributed by atoms with Gasteiger partial charge in [-0.15, -0.1) is 0 Å². The zero-order chi connectivity index (χ0) is 32.0. The van der Waals surface area contributed by atoms with Crippen LogP contribution in [-0.4, -0.2) is 35.9 Å². The zero-order valence-electron chi connectivity index (χ0n) is 26.0. The minimum Gasteiger partial charge on any atom is -0.449 e.